The van der Waals surface area contributed by atoms with E-state index in [2.05, 4.69) is 73.2 Å². The SMILES string of the molecule is C=CCn1c(SCC(=O)Nc2sc3c(c2C#N)CCCCCC3)nnc1-c1ccc(C(C)(C)C)cc1. The van der Waals surface area contributed by atoms with E-state index in [0.717, 1.165) is 42.6 Å². The molecule has 0 saturated heterocycles. The van der Waals surface area contributed by atoms with E-state index in [0.29, 0.717) is 22.3 Å². The first-order valence-corrected chi connectivity index (χ1v) is 14.2. The number of allylic oxidation sites excluding steroid dienone is 1. The van der Waals surface area contributed by atoms with Crippen molar-refractivity contribution in [3.8, 4) is 17.5 Å². The molecule has 1 aliphatic carbocycles. The van der Waals surface area contributed by atoms with Gasteiger partial charge in [-0.05, 0) is 42.2 Å². The number of hydrogen-bond acceptors (Lipinski definition) is 6. The van der Waals surface area contributed by atoms with E-state index in [4.69, 9.17) is 0 Å². The zero-order valence-electron chi connectivity index (χ0n) is 21.3. The predicted octanol–water partition coefficient (Wildman–Crippen LogP) is 6.75. The Morgan fingerprint density at radius 2 is 1.92 bits per heavy atom. The number of aromatic nitrogens is 3. The van der Waals surface area contributed by atoms with Gasteiger partial charge in [-0.3, -0.25) is 9.36 Å². The lowest BCUT2D eigenvalue weighted by Gasteiger charge is -2.19. The van der Waals surface area contributed by atoms with Crippen molar-refractivity contribution in [2.75, 3.05) is 11.1 Å². The van der Waals surface area contributed by atoms with E-state index >= 15 is 0 Å². The monoisotopic (exact) mass is 519 g/mol. The molecule has 1 aliphatic rings. The van der Waals surface area contributed by atoms with Crippen molar-refractivity contribution in [2.45, 2.75) is 76.4 Å². The van der Waals surface area contributed by atoms with E-state index in [1.54, 1.807) is 17.4 Å². The standard InChI is InChI=1S/C28H33N5OS2/c1-5-16-33-25(19-12-14-20(15-13-19)28(2,3)4)31-32-27(33)35-18-24(34)30-26-22(17-29)21-10-8-6-7-9-11-23(21)36-26/h5,12-15H,1,6-11,16,18H2,2-4H3,(H,30,34). The third kappa shape index (κ3) is 5.91. The summed E-state index contributed by atoms with van der Waals surface area (Å²) in [6.45, 7) is 11.0. The van der Waals surface area contributed by atoms with E-state index in [9.17, 15) is 10.1 Å². The molecule has 4 rings (SSSR count). The maximum atomic E-state index is 12.9. The zero-order chi connectivity index (χ0) is 25.7. The van der Waals surface area contributed by atoms with E-state index in [-0.39, 0.29) is 17.1 Å². The maximum Gasteiger partial charge on any atom is 0.235 e. The van der Waals surface area contributed by atoms with Crippen LogP contribution in [0.2, 0.25) is 0 Å². The number of thioether (sulfide) groups is 1. The molecular weight excluding hydrogens is 486 g/mol. The first-order valence-electron chi connectivity index (χ1n) is 12.4. The number of carbonyl (C=O) groups is 1. The molecule has 1 amide bonds. The van der Waals surface area contributed by atoms with Gasteiger partial charge in [-0.25, -0.2) is 0 Å². The molecule has 2 heterocycles. The molecule has 0 saturated carbocycles. The third-order valence-electron chi connectivity index (χ3n) is 6.41. The molecule has 188 valence electrons. The van der Waals surface area contributed by atoms with Crippen LogP contribution in [0.3, 0.4) is 0 Å². The lowest BCUT2D eigenvalue weighted by atomic mass is 9.87. The molecule has 3 aromatic rings. The number of rotatable bonds is 7. The van der Waals surface area contributed by atoms with Crippen molar-refractivity contribution in [2.24, 2.45) is 0 Å². The second-order valence-electron chi connectivity index (χ2n) is 10.1. The number of nitrogens with zero attached hydrogens (tertiary/aromatic N) is 4. The van der Waals surface area contributed by atoms with Crippen LogP contribution in [-0.2, 0) is 29.6 Å². The van der Waals surface area contributed by atoms with Crippen LogP contribution in [0.1, 0.15) is 68.0 Å². The number of fused-ring (bicyclic) bond motifs is 1. The molecule has 1 N–H and O–H groups in total. The summed E-state index contributed by atoms with van der Waals surface area (Å²) in [5, 5.41) is 22.9. The molecule has 0 unspecified atom stereocenters. The highest BCUT2D eigenvalue weighted by atomic mass is 32.2. The van der Waals surface area contributed by atoms with Crippen LogP contribution in [0.5, 0.6) is 0 Å². The minimum absolute atomic E-state index is 0.0768. The predicted molar refractivity (Wildman–Crippen MR) is 149 cm³/mol. The second kappa shape index (κ2) is 11.4. The van der Waals surface area contributed by atoms with Gasteiger partial charge in [-0.2, -0.15) is 5.26 Å². The van der Waals surface area contributed by atoms with Crippen LogP contribution in [0.15, 0.2) is 42.1 Å². The Bertz CT molecular complexity index is 1270. The highest BCUT2D eigenvalue weighted by Gasteiger charge is 2.21. The summed E-state index contributed by atoms with van der Waals surface area (Å²) in [5.74, 6) is 0.795. The first kappa shape index (κ1) is 26.2. The fourth-order valence-corrected chi connectivity index (χ4v) is 6.44. The number of thiophene rings is 1. The summed E-state index contributed by atoms with van der Waals surface area (Å²) in [6, 6.07) is 10.7. The van der Waals surface area contributed by atoms with Crippen LogP contribution in [0.4, 0.5) is 5.00 Å². The summed E-state index contributed by atoms with van der Waals surface area (Å²) in [7, 11) is 0. The summed E-state index contributed by atoms with van der Waals surface area (Å²) in [4.78, 5) is 14.1. The van der Waals surface area contributed by atoms with Gasteiger partial charge in [0, 0.05) is 17.0 Å². The molecule has 0 spiro atoms. The van der Waals surface area contributed by atoms with Crippen LogP contribution in [0, 0.1) is 11.3 Å². The minimum atomic E-state index is -0.144. The lowest BCUT2D eigenvalue weighted by molar-refractivity contribution is -0.113. The Kier molecular flexibility index (Phi) is 8.32. The van der Waals surface area contributed by atoms with E-state index in [1.165, 1.54) is 35.0 Å². The Balaban J connectivity index is 1.48. The highest BCUT2D eigenvalue weighted by Crippen LogP contribution is 2.37. The van der Waals surface area contributed by atoms with Crippen LogP contribution >= 0.6 is 23.1 Å². The zero-order valence-corrected chi connectivity index (χ0v) is 22.9. The topological polar surface area (TPSA) is 83.6 Å². The molecule has 1 aromatic carbocycles. The van der Waals surface area contributed by atoms with Crippen molar-refractivity contribution in [3.63, 3.8) is 0 Å². The molecule has 0 atom stereocenters. The summed E-state index contributed by atoms with van der Waals surface area (Å²) >= 11 is 2.91. The van der Waals surface area contributed by atoms with Crippen molar-refractivity contribution in [1.82, 2.24) is 14.8 Å². The van der Waals surface area contributed by atoms with Crippen molar-refractivity contribution in [1.29, 1.82) is 5.26 Å². The van der Waals surface area contributed by atoms with Gasteiger partial charge in [0.1, 0.15) is 11.1 Å². The van der Waals surface area contributed by atoms with Crippen molar-refractivity contribution >= 4 is 34.0 Å². The van der Waals surface area contributed by atoms with Gasteiger partial charge in [-0.1, -0.05) is 75.7 Å². The average molecular weight is 520 g/mol. The molecule has 8 heteroatoms. The number of aryl methyl sites for hydroxylation is 1. The number of carbonyl (C=O) groups excluding carboxylic acids is 1. The van der Waals surface area contributed by atoms with Crippen LogP contribution < -0.4 is 5.32 Å². The molecule has 0 fully saturated rings. The minimum Gasteiger partial charge on any atom is -0.316 e. The number of hydrogen-bond donors (Lipinski definition) is 1. The van der Waals surface area contributed by atoms with Crippen LogP contribution in [0.25, 0.3) is 11.4 Å². The smallest absolute Gasteiger partial charge is 0.235 e. The van der Waals surface area contributed by atoms with E-state index in [1.807, 2.05) is 4.57 Å². The molecule has 36 heavy (non-hydrogen) atoms. The maximum absolute atomic E-state index is 12.9. The third-order valence-corrected chi connectivity index (χ3v) is 8.58. The normalized spacial score (nSPS) is 13.8. The van der Waals surface area contributed by atoms with Gasteiger partial charge >= 0.3 is 0 Å². The quantitative estimate of drug-likeness (QED) is 0.276. The van der Waals surface area contributed by atoms with Gasteiger partial charge in [0.05, 0.1) is 11.3 Å². The largest absolute Gasteiger partial charge is 0.316 e. The van der Waals surface area contributed by atoms with Crippen molar-refractivity contribution in [3.05, 3.63) is 58.5 Å². The number of amides is 1. The number of anilines is 1. The Hall–Kier alpha value is -2.89. The molecule has 0 bridgehead atoms. The number of nitrogens with one attached hydrogen (secondary N) is 1. The van der Waals surface area contributed by atoms with Gasteiger partial charge in [0.2, 0.25) is 5.91 Å². The summed E-state index contributed by atoms with van der Waals surface area (Å²) in [6.07, 6.45) is 8.38. The molecule has 0 aliphatic heterocycles. The lowest BCUT2D eigenvalue weighted by Crippen LogP contribution is -2.14. The molecule has 6 nitrogen and oxygen atoms in total. The Morgan fingerprint density at radius 1 is 1.19 bits per heavy atom. The van der Waals surface area contributed by atoms with Gasteiger partial charge in [0.25, 0.3) is 0 Å². The summed E-state index contributed by atoms with van der Waals surface area (Å²) < 4.78 is 1.98. The van der Waals surface area contributed by atoms with Gasteiger partial charge in [-0.15, -0.1) is 28.1 Å². The van der Waals surface area contributed by atoms with Gasteiger partial charge in [0.15, 0.2) is 11.0 Å². The van der Waals surface area contributed by atoms with E-state index < -0.39 is 0 Å². The number of benzene rings is 1. The summed E-state index contributed by atoms with van der Waals surface area (Å²) in [5.41, 5.74) is 4.09. The fourth-order valence-electron chi connectivity index (χ4n) is 4.44. The second-order valence-corrected chi connectivity index (χ2v) is 12.2. The molecular formula is C28H33N5OS2. The Labute approximate surface area is 221 Å². The average Bonchev–Trinajstić information content (AvgIpc) is 3.37. The first-order chi connectivity index (χ1) is 17.3. The molecule has 2 aromatic heterocycles. The number of nitriles is 1. The Morgan fingerprint density at radius 3 is 2.58 bits per heavy atom. The molecule has 0 radical (unpaired) electrons. The highest BCUT2D eigenvalue weighted by molar-refractivity contribution is 7.99. The van der Waals surface area contributed by atoms with Crippen LogP contribution in [-0.4, -0.2) is 26.4 Å². The van der Waals surface area contributed by atoms with Crippen molar-refractivity contribution < 1.29 is 4.79 Å². The fraction of sp³-hybridized carbons (Fsp3) is 0.429. The van der Waals surface area contributed by atoms with Gasteiger partial charge < -0.3 is 5.32 Å².